The van der Waals surface area contributed by atoms with Gasteiger partial charge in [-0.3, -0.25) is 9.79 Å². The van der Waals surface area contributed by atoms with Crippen LogP contribution >= 0.6 is 11.6 Å². The Hall–Kier alpha value is -2.74. The molecule has 3 atom stereocenters. The number of rotatable bonds is 6. The molecule has 1 saturated heterocycles. The Balaban J connectivity index is 1.38. The lowest BCUT2D eigenvalue weighted by Crippen LogP contribution is -2.39. The summed E-state index contributed by atoms with van der Waals surface area (Å²) >= 11 is 6.63. The minimum absolute atomic E-state index is 0.0697. The number of hydrogen-bond donors (Lipinski definition) is 2. The van der Waals surface area contributed by atoms with Gasteiger partial charge in [0.15, 0.2) is 6.40 Å². The molecule has 2 aliphatic rings. The molecule has 2 heterocycles. The summed E-state index contributed by atoms with van der Waals surface area (Å²) in [5, 5.41) is 6.22. The molecule has 35 heavy (non-hydrogen) atoms. The number of nitrogens with zero attached hydrogens (tertiary/aromatic N) is 2. The van der Waals surface area contributed by atoms with Crippen molar-refractivity contribution < 1.29 is 14.3 Å². The molecule has 2 N–H and O–H groups in total. The molecular weight excluding hydrogens is 464 g/mol. The number of benzene rings is 2. The minimum Gasteiger partial charge on any atom is -0.446 e. The summed E-state index contributed by atoms with van der Waals surface area (Å²) < 4.78 is 11.5. The molecule has 0 spiro atoms. The second kappa shape index (κ2) is 11.3. The van der Waals surface area contributed by atoms with E-state index in [1.54, 1.807) is 0 Å². The van der Waals surface area contributed by atoms with E-state index < -0.39 is 5.54 Å². The fourth-order valence-corrected chi connectivity index (χ4v) is 4.72. The van der Waals surface area contributed by atoms with Crippen LogP contribution in [0.5, 0.6) is 5.75 Å². The fraction of sp³-hybridized carbons (Fsp3) is 0.444. The molecular formula is C27H33ClN4O3. The van der Waals surface area contributed by atoms with Crippen molar-refractivity contribution in [3.63, 3.8) is 0 Å². The van der Waals surface area contributed by atoms with E-state index in [0.29, 0.717) is 12.2 Å². The van der Waals surface area contributed by atoms with Gasteiger partial charge in [0.1, 0.15) is 11.6 Å². The Morgan fingerprint density at radius 3 is 2.57 bits per heavy atom. The third-order valence-electron chi connectivity index (χ3n) is 6.31. The van der Waals surface area contributed by atoms with Gasteiger partial charge >= 0.3 is 0 Å². The molecule has 2 aromatic rings. The Kier molecular flexibility index (Phi) is 8.21. The quantitative estimate of drug-likeness (QED) is 0.346. The Morgan fingerprint density at radius 2 is 1.91 bits per heavy atom. The number of amidine groups is 1. The summed E-state index contributed by atoms with van der Waals surface area (Å²) in [4.78, 5) is 20.7. The van der Waals surface area contributed by atoms with E-state index in [1.165, 1.54) is 13.3 Å². The highest BCUT2D eigenvalue weighted by atomic mass is 35.5. The number of hydrogen-bond acceptors (Lipinski definition) is 6. The number of amides is 1. The van der Waals surface area contributed by atoms with Crippen LogP contribution in [-0.4, -0.2) is 43.2 Å². The van der Waals surface area contributed by atoms with Gasteiger partial charge in [0.25, 0.3) is 0 Å². The molecule has 2 aromatic carbocycles. The first kappa shape index (κ1) is 25.4. The highest BCUT2D eigenvalue weighted by Gasteiger charge is 2.26. The number of morpholine rings is 1. The molecule has 7 nitrogen and oxygen atoms in total. The zero-order chi connectivity index (χ0) is 24.8. The molecule has 1 amide bonds. The van der Waals surface area contributed by atoms with Crippen LogP contribution in [0.1, 0.15) is 62.4 Å². The van der Waals surface area contributed by atoms with Gasteiger partial charge < -0.3 is 20.1 Å². The first-order valence-corrected chi connectivity index (χ1v) is 12.5. The first-order valence-electron chi connectivity index (χ1n) is 12.0. The van der Waals surface area contributed by atoms with E-state index in [-0.39, 0.29) is 23.4 Å². The fourth-order valence-electron chi connectivity index (χ4n) is 4.41. The molecule has 0 saturated carbocycles. The maximum absolute atomic E-state index is 11.4. The van der Waals surface area contributed by atoms with Crippen LogP contribution in [0.4, 0.5) is 0 Å². The SMILES string of the molecule is CC(=O)NC(C)(C)c1ccc(O/C=N/C2=NC(c3ccc(C4CNCCO4)cc3)C(Cl)CC2)cc1. The monoisotopic (exact) mass is 496 g/mol. The maximum Gasteiger partial charge on any atom is 0.217 e. The van der Waals surface area contributed by atoms with Gasteiger partial charge in [-0.1, -0.05) is 36.4 Å². The van der Waals surface area contributed by atoms with Gasteiger partial charge in [-0.05, 0) is 49.1 Å². The van der Waals surface area contributed by atoms with E-state index in [0.717, 1.165) is 48.6 Å². The molecule has 4 rings (SSSR count). The Labute approximate surface area is 212 Å². The number of carbonyl (C=O) groups excluding carboxylic acids is 1. The predicted octanol–water partition coefficient (Wildman–Crippen LogP) is 4.67. The van der Waals surface area contributed by atoms with E-state index in [2.05, 4.69) is 39.9 Å². The van der Waals surface area contributed by atoms with Crippen LogP contribution in [0.3, 0.4) is 0 Å². The van der Waals surface area contributed by atoms with Crippen molar-refractivity contribution in [2.45, 2.75) is 56.7 Å². The topological polar surface area (TPSA) is 84.3 Å². The summed E-state index contributed by atoms with van der Waals surface area (Å²) in [5.74, 6) is 1.31. The predicted molar refractivity (Wildman–Crippen MR) is 139 cm³/mol. The van der Waals surface area contributed by atoms with Gasteiger partial charge in [0.2, 0.25) is 5.91 Å². The molecule has 0 radical (unpaired) electrons. The lowest BCUT2D eigenvalue weighted by atomic mass is 9.94. The van der Waals surface area contributed by atoms with Crippen LogP contribution in [-0.2, 0) is 15.1 Å². The zero-order valence-corrected chi connectivity index (χ0v) is 21.2. The van der Waals surface area contributed by atoms with Crippen LogP contribution in [0.2, 0.25) is 0 Å². The second-order valence-electron chi connectivity index (χ2n) is 9.46. The van der Waals surface area contributed by atoms with Gasteiger partial charge in [-0.25, -0.2) is 4.99 Å². The Morgan fingerprint density at radius 1 is 1.20 bits per heavy atom. The van der Waals surface area contributed by atoms with Gasteiger partial charge in [-0.2, -0.15) is 0 Å². The molecule has 1 fully saturated rings. The number of alkyl halides is 1. The first-order chi connectivity index (χ1) is 16.8. The summed E-state index contributed by atoms with van der Waals surface area (Å²) in [5.41, 5.74) is 2.76. The molecule has 0 aromatic heterocycles. The van der Waals surface area contributed by atoms with Crippen LogP contribution in [0, 0.1) is 0 Å². The zero-order valence-electron chi connectivity index (χ0n) is 20.5. The summed E-state index contributed by atoms with van der Waals surface area (Å²) in [6.07, 6.45) is 3.01. The lowest BCUT2D eigenvalue weighted by Gasteiger charge is -2.26. The Bertz CT molecular complexity index is 1060. The van der Waals surface area contributed by atoms with E-state index >= 15 is 0 Å². The summed E-state index contributed by atoms with van der Waals surface area (Å²) in [6.45, 7) is 7.89. The molecule has 8 heteroatoms. The van der Waals surface area contributed by atoms with Gasteiger partial charge in [0, 0.05) is 26.4 Å². The van der Waals surface area contributed by atoms with Crippen LogP contribution < -0.4 is 15.4 Å². The number of nitrogens with one attached hydrogen (secondary N) is 2. The normalized spacial score (nSPS) is 23.1. The number of halogens is 1. The van der Waals surface area contributed by atoms with Gasteiger partial charge in [-0.15, -0.1) is 11.6 Å². The third-order valence-corrected chi connectivity index (χ3v) is 6.76. The molecule has 3 unspecified atom stereocenters. The number of ether oxygens (including phenoxy) is 2. The average Bonchev–Trinajstić information content (AvgIpc) is 2.85. The van der Waals surface area contributed by atoms with Crippen LogP contribution in [0.25, 0.3) is 0 Å². The van der Waals surface area contributed by atoms with Crippen molar-refractivity contribution >= 4 is 29.7 Å². The van der Waals surface area contributed by atoms with Crippen molar-refractivity contribution in [1.82, 2.24) is 10.6 Å². The smallest absolute Gasteiger partial charge is 0.217 e. The largest absolute Gasteiger partial charge is 0.446 e. The average molecular weight is 497 g/mol. The molecule has 0 bridgehead atoms. The lowest BCUT2D eigenvalue weighted by molar-refractivity contribution is -0.120. The maximum atomic E-state index is 11.4. The second-order valence-corrected chi connectivity index (χ2v) is 10.0. The van der Waals surface area contributed by atoms with Crippen molar-refractivity contribution in [3.05, 3.63) is 65.2 Å². The highest BCUT2D eigenvalue weighted by Crippen LogP contribution is 2.33. The van der Waals surface area contributed by atoms with E-state index in [1.807, 2.05) is 38.1 Å². The molecule has 2 aliphatic heterocycles. The number of carbonyl (C=O) groups is 1. The van der Waals surface area contributed by atoms with Crippen molar-refractivity contribution in [3.8, 4) is 5.75 Å². The summed E-state index contributed by atoms with van der Waals surface area (Å²) in [7, 11) is 0. The van der Waals surface area contributed by atoms with Gasteiger partial charge in [0.05, 0.1) is 29.7 Å². The number of aliphatic imine (C=N–C) groups is 2. The van der Waals surface area contributed by atoms with E-state index in [4.69, 9.17) is 26.1 Å². The van der Waals surface area contributed by atoms with Crippen molar-refractivity contribution in [2.24, 2.45) is 9.98 Å². The third kappa shape index (κ3) is 6.69. The standard InChI is InChI=1S/C27H33ClN4O3/c1-18(33)32-27(2,3)21-8-10-22(11-9-21)35-17-30-25-13-12-23(28)26(31-25)20-6-4-19(5-7-20)24-16-29-14-15-34-24/h4-11,17,23-24,26,29H,12-16H2,1-3H3,(H,32,33)/b30-17+. The van der Waals surface area contributed by atoms with Crippen LogP contribution in [0.15, 0.2) is 58.5 Å². The highest BCUT2D eigenvalue weighted by molar-refractivity contribution is 6.21. The van der Waals surface area contributed by atoms with Crippen molar-refractivity contribution in [2.75, 3.05) is 19.7 Å². The van der Waals surface area contributed by atoms with E-state index in [9.17, 15) is 4.79 Å². The molecule has 186 valence electrons. The summed E-state index contributed by atoms with van der Waals surface area (Å²) in [6, 6.07) is 15.8. The van der Waals surface area contributed by atoms with Crippen molar-refractivity contribution in [1.29, 1.82) is 0 Å². The molecule has 0 aliphatic carbocycles. The minimum atomic E-state index is -0.457.